The SMILES string of the molecule is CCOC(=O)CC(C)=NNC(=O)C(C)Oc1ccc(Cl)cc1Cl. The Morgan fingerprint density at radius 3 is 2.65 bits per heavy atom. The summed E-state index contributed by atoms with van der Waals surface area (Å²) in [5.41, 5.74) is 2.75. The van der Waals surface area contributed by atoms with Gasteiger partial charge < -0.3 is 9.47 Å². The van der Waals surface area contributed by atoms with E-state index in [1.807, 2.05) is 0 Å². The summed E-state index contributed by atoms with van der Waals surface area (Å²) in [4.78, 5) is 23.2. The van der Waals surface area contributed by atoms with Crippen molar-refractivity contribution < 1.29 is 19.1 Å². The predicted octanol–water partition coefficient (Wildman–Crippen LogP) is 3.21. The van der Waals surface area contributed by atoms with Crippen molar-refractivity contribution in [2.24, 2.45) is 5.10 Å². The summed E-state index contributed by atoms with van der Waals surface area (Å²) in [7, 11) is 0. The van der Waals surface area contributed by atoms with Crippen molar-refractivity contribution >= 4 is 40.8 Å². The van der Waals surface area contributed by atoms with Gasteiger partial charge in [0.2, 0.25) is 0 Å². The fraction of sp³-hybridized carbons (Fsp3) is 0.400. The number of hydrazone groups is 1. The van der Waals surface area contributed by atoms with Gasteiger partial charge in [-0.15, -0.1) is 0 Å². The molecule has 0 heterocycles. The lowest BCUT2D eigenvalue weighted by atomic mass is 10.3. The van der Waals surface area contributed by atoms with Crippen LogP contribution in [0.2, 0.25) is 10.0 Å². The molecule has 126 valence electrons. The van der Waals surface area contributed by atoms with Gasteiger partial charge in [-0.2, -0.15) is 5.10 Å². The van der Waals surface area contributed by atoms with Gasteiger partial charge in [0.1, 0.15) is 5.75 Å². The second-order valence-corrected chi connectivity index (χ2v) is 5.48. The first-order valence-electron chi connectivity index (χ1n) is 6.93. The van der Waals surface area contributed by atoms with Gasteiger partial charge in [-0.1, -0.05) is 23.2 Å². The minimum atomic E-state index is -0.826. The number of hydrogen-bond acceptors (Lipinski definition) is 5. The van der Waals surface area contributed by atoms with E-state index in [2.05, 4.69) is 10.5 Å². The zero-order chi connectivity index (χ0) is 17.4. The second kappa shape index (κ2) is 9.37. The molecule has 0 spiro atoms. The van der Waals surface area contributed by atoms with Gasteiger partial charge in [-0.05, 0) is 39.0 Å². The largest absolute Gasteiger partial charge is 0.479 e. The van der Waals surface area contributed by atoms with Gasteiger partial charge in [0, 0.05) is 10.7 Å². The third-order valence-electron chi connectivity index (χ3n) is 2.63. The van der Waals surface area contributed by atoms with Crippen molar-refractivity contribution in [1.82, 2.24) is 5.43 Å². The average Bonchev–Trinajstić information content (AvgIpc) is 2.47. The molecule has 0 radical (unpaired) electrons. The minimum absolute atomic E-state index is 0.00632. The number of amides is 1. The van der Waals surface area contributed by atoms with Crippen molar-refractivity contribution in [3.05, 3.63) is 28.2 Å². The number of benzene rings is 1. The van der Waals surface area contributed by atoms with Gasteiger partial charge in [-0.25, -0.2) is 5.43 Å². The molecule has 1 aromatic rings. The van der Waals surface area contributed by atoms with Crippen LogP contribution in [0.4, 0.5) is 0 Å². The lowest BCUT2D eigenvalue weighted by Gasteiger charge is -2.14. The summed E-state index contributed by atoms with van der Waals surface area (Å²) in [5, 5.41) is 4.60. The molecule has 1 rings (SSSR count). The molecular formula is C15H18Cl2N2O4. The highest BCUT2D eigenvalue weighted by Gasteiger charge is 2.16. The molecule has 0 saturated carbocycles. The van der Waals surface area contributed by atoms with E-state index in [4.69, 9.17) is 32.7 Å². The number of carbonyl (C=O) groups excluding carboxylic acids is 2. The molecule has 6 nitrogen and oxygen atoms in total. The zero-order valence-electron chi connectivity index (χ0n) is 13.1. The Morgan fingerprint density at radius 1 is 1.35 bits per heavy atom. The number of hydrogen-bond donors (Lipinski definition) is 1. The number of ether oxygens (including phenoxy) is 2. The average molecular weight is 361 g/mol. The number of carbonyl (C=O) groups is 2. The highest BCUT2D eigenvalue weighted by molar-refractivity contribution is 6.35. The molecule has 1 amide bonds. The molecular weight excluding hydrogens is 343 g/mol. The maximum absolute atomic E-state index is 11.9. The minimum Gasteiger partial charge on any atom is -0.479 e. The van der Waals surface area contributed by atoms with Crippen molar-refractivity contribution in [2.45, 2.75) is 33.3 Å². The molecule has 1 N–H and O–H groups in total. The maximum atomic E-state index is 11.9. The first-order valence-corrected chi connectivity index (χ1v) is 7.69. The Hall–Kier alpha value is -1.79. The monoisotopic (exact) mass is 360 g/mol. The van der Waals surface area contributed by atoms with Crippen LogP contribution in [0.3, 0.4) is 0 Å². The molecule has 0 fully saturated rings. The van der Waals surface area contributed by atoms with Crippen LogP contribution in [0.15, 0.2) is 23.3 Å². The van der Waals surface area contributed by atoms with Gasteiger partial charge in [0.15, 0.2) is 6.10 Å². The van der Waals surface area contributed by atoms with Gasteiger partial charge >= 0.3 is 5.97 Å². The Morgan fingerprint density at radius 2 is 2.04 bits per heavy atom. The molecule has 1 aromatic carbocycles. The molecule has 0 aliphatic carbocycles. The molecule has 23 heavy (non-hydrogen) atoms. The fourth-order valence-corrected chi connectivity index (χ4v) is 1.97. The zero-order valence-corrected chi connectivity index (χ0v) is 14.6. The standard InChI is InChI=1S/C15H18Cl2N2O4/c1-4-22-14(20)7-9(2)18-19-15(21)10(3)23-13-6-5-11(16)8-12(13)17/h5-6,8,10H,4,7H2,1-3H3,(H,19,21). The number of rotatable bonds is 7. The highest BCUT2D eigenvalue weighted by Crippen LogP contribution is 2.28. The van der Waals surface area contributed by atoms with Crippen LogP contribution in [-0.4, -0.2) is 30.3 Å². The molecule has 0 aromatic heterocycles. The molecule has 8 heteroatoms. The summed E-state index contributed by atoms with van der Waals surface area (Å²) in [6, 6.07) is 4.70. The molecule has 0 saturated heterocycles. The van der Waals surface area contributed by atoms with Gasteiger partial charge in [0.05, 0.1) is 18.1 Å². The molecule has 0 bridgehead atoms. The molecule has 1 atom stereocenters. The Labute approximate surface area is 144 Å². The van der Waals surface area contributed by atoms with E-state index in [1.165, 1.54) is 6.07 Å². The molecule has 1 unspecified atom stereocenters. The van der Waals surface area contributed by atoms with Crippen LogP contribution < -0.4 is 10.2 Å². The normalized spacial score (nSPS) is 12.5. The van der Waals surface area contributed by atoms with Gasteiger partial charge in [-0.3, -0.25) is 9.59 Å². The van der Waals surface area contributed by atoms with E-state index in [-0.39, 0.29) is 6.42 Å². The van der Waals surface area contributed by atoms with E-state index in [0.29, 0.717) is 28.1 Å². The van der Waals surface area contributed by atoms with Crippen molar-refractivity contribution in [1.29, 1.82) is 0 Å². The summed E-state index contributed by atoms with van der Waals surface area (Å²) in [5.74, 6) is -0.537. The van der Waals surface area contributed by atoms with Gasteiger partial charge in [0.25, 0.3) is 5.91 Å². The third-order valence-corrected chi connectivity index (χ3v) is 3.16. The lowest BCUT2D eigenvalue weighted by Crippen LogP contribution is -2.34. The van der Waals surface area contributed by atoms with Crippen LogP contribution in [0.25, 0.3) is 0 Å². The van der Waals surface area contributed by atoms with E-state index in [1.54, 1.807) is 32.9 Å². The van der Waals surface area contributed by atoms with Crippen LogP contribution in [-0.2, 0) is 14.3 Å². The van der Waals surface area contributed by atoms with Crippen LogP contribution in [0, 0.1) is 0 Å². The topological polar surface area (TPSA) is 77.0 Å². The number of nitrogens with one attached hydrogen (secondary N) is 1. The summed E-state index contributed by atoms with van der Waals surface area (Å²) in [6.45, 7) is 5.17. The van der Waals surface area contributed by atoms with Crippen molar-refractivity contribution in [3.63, 3.8) is 0 Å². The summed E-state index contributed by atoms with van der Waals surface area (Å²) < 4.78 is 10.2. The quantitative estimate of drug-likeness (QED) is 0.460. The molecule has 0 aliphatic heterocycles. The predicted molar refractivity (Wildman–Crippen MR) is 89.1 cm³/mol. The number of halogens is 2. The van der Waals surface area contributed by atoms with E-state index >= 15 is 0 Å². The highest BCUT2D eigenvalue weighted by atomic mass is 35.5. The fourth-order valence-electron chi connectivity index (χ4n) is 1.52. The Bertz CT molecular complexity index is 605. The van der Waals surface area contributed by atoms with E-state index in [0.717, 1.165) is 0 Å². The Kier molecular flexibility index (Phi) is 7.85. The maximum Gasteiger partial charge on any atom is 0.311 e. The van der Waals surface area contributed by atoms with E-state index in [9.17, 15) is 9.59 Å². The summed E-state index contributed by atoms with van der Waals surface area (Å²) >= 11 is 11.8. The lowest BCUT2D eigenvalue weighted by molar-refractivity contribution is -0.141. The third kappa shape index (κ3) is 6.88. The first kappa shape index (κ1) is 19.3. The van der Waals surface area contributed by atoms with Crippen molar-refractivity contribution in [2.75, 3.05) is 6.61 Å². The van der Waals surface area contributed by atoms with Crippen LogP contribution in [0.1, 0.15) is 27.2 Å². The number of nitrogens with zero attached hydrogens (tertiary/aromatic N) is 1. The summed E-state index contributed by atoms with van der Waals surface area (Å²) in [6.07, 6.45) is -0.820. The van der Waals surface area contributed by atoms with Crippen LogP contribution in [0.5, 0.6) is 5.75 Å². The second-order valence-electron chi connectivity index (χ2n) is 4.64. The molecule has 0 aliphatic rings. The van der Waals surface area contributed by atoms with E-state index < -0.39 is 18.0 Å². The number of esters is 1. The Balaban J connectivity index is 2.55. The smallest absolute Gasteiger partial charge is 0.311 e. The van der Waals surface area contributed by atoms with Crippen molar-refractivity contribution in [3.8, 4) is 5.75 Å². The van der Waals surface area contributed by atoms with Crippen LogP contribution >= 0.6 is 23.2 Å². The first-order chi connectivity index (χ1) is 10.8.